The maximum absolute atomic E-state index is 4.42. The Kier molecular flexibility index (Phi) is 3.89. The van der Waals surface area contributed by atoms with Gasteiger partial charge in [0.2, 0.25) is 0 Å². The van der Waals surface area contributed by atoms with Gasteiger partial charge in [0.1, 0.15) is 0 Å². The molecule has 0 aromatic carbocycles. The summed E-state index contributed by atoms with van der Waals surface area (Å²) < 4.78 is 0. The molecule has 0 N–H and O–H groups in total. The third kappa shape index (κ3) is 9.32. The fourth-order valence-corrected chi connectivity index (χ4v) is 0.959. The van der Waals surface area contributed by atoms with Crippen molar-refractivity contribution in [1.82, 2.24) is 0 Å². The van der Waals surface area contributed by atoms with Gasteiger partial charge in [0.25, 0.3) is 0 Å². The summed E-state index contributed by atoms with van der Waals surface area (Å²) in [5.41, 5.74) is 1.49. The molecule has 0 spiro atoms. The molecule has 76 valence electrons. The van der Waals surface area contributed by atoms with Gasteiger partial charge in [-0.05, 0) is 17.8 Å². The zero-order valence-corrected chi connectivity index (χ0v) is 10.1. The molecule has 0 amide bonds. The van der Waals surface area contributed by atoms with Crippen LogP contribution < -0.4 is 0 Å². The second-order valence-corrected chi connectivity index (χ2v) is 5.78. The second kappa shape index (κ2) is 4.08. The summed E-state index contributed by atoms with van der Waals surface area (Å²) in [4.78, 5) is 4.42. The van der Waals surface area contributed by atoms with E-state index in [4.69, 9.17) is 0 Å². The van der Waals surface area contributed by atoms with Gasteiger partial charge < -0.3 is 0 Å². The molecule has 0 saturated heterocycles. The summed E-state index contributed by atoms with van der Waals surface area (Å²) >= 11 is 0. The highest BCUT2D eigenvalue weighted by atomic mass is 14.7. The topological polar surface area (TPSA) is 12.4 Å². The molecule has 0 bridgehead atoms. The Morgan fingerprint density at radius 2 is 1.38 bits per heavy atom. The molecule has 1 nitrogen and oxygen atoms in total. The second-order valence-electron chi connectivity index (χ2n) is 5.78. The molecule has 0 rings (SSSR count). The van der Waals surface area contributed by atoms with Crippen LogP contribution in [0.15, 0.2) is 16.8 Å². The quantitative estimate of drug-likeness (QED) is 0.541. The van der Waals surface area contributed by atoms with Crippen LogP contribution in [0.1, 0.15) is 48.5 Å². The first-order chi connectivity index (χ1) is 5.60. The minimum atomic E-state index is 0.174. The first kappa shape index (κ1) is 12.4. The smallest absolute Gasteiger partial charge is 0.0334 e. The van der Waals surface area contributed by atoms with Crippen molar-refractivity contribution in [1.29, 1.82) is 0 Å². The molecule has 0 heterocycles. The Labute approximate surface area is 83.0 Å². The van der Waals surface area contributed by atoms with Crippen LogP contribution in [0.3, 0.4) is 0 Å². The van der Waals surface area contributed by atoms with Crippen molar-refractivity contribution < 1.29 is 0 Å². The average molecular weight is 181 g/mol. The number of rotatable bonds is 1. The van der Waals surface area contributed by atoms with Crippen molar-refractivity contribution in [3.8, 4) is 0 Å². The number of allylic oxidation sites excluding steroid dienone is 2. The first-order valence-electron chi connectivity index (χ1n) is 4.85. The maximum atomic E-state index is 4.42. The Bertz CT molecular complexity index is 208. The molecule has 0 fully saturated rings. The first-order valence-corrected chi connectivity index (χ1v) is 4.85. The number of nitrogens with zero attached hydrogens (tertiary/aromatic N) is 1. The molecule has 0 unspecified atom stereocenters. The highest BCUT2D eigenvalue weighted by Gasteiger charge is 2.07. The fourth-order valence-electron chi connectivity index (χ4n) is 0.959. The molecule has 0 aliphatic rings. The van der Waals surface area contributed by atoms with E-state index in [1.54, 1.807) is 0 Å². The molecule has 0 aromatic heterocycles. The summed E-state index contributed by atoms with van der Waals surface area (Å²) in [5, 5.41) is 0. The number of hydrogen-bond donors (Lipinski definition) is 0. The van der Waals surface area contributed by atoms with Gasteiger partial charge in [0, 0.05) is 11.9 Å². The van der Waals surface area contributed by atoms with Crippen LogP contribution >= 0.6 is 0 Å². The lowest BCUT2D eigenvalue weighted by Crippen LogP contribution is -2.06. The Balaban J connectivity index is 4.40. The molecule has 1 heteroatoms. The van der Waals surface area contributed by atoms with Crippen molar-refractivity contribution in [3.05, 3.63) is 11.8 Å². The van der Waals surface area contributed by atoms with Crippen LogP contribution in [0.4, 0.5) is 0 Å². The number of aliphatic imine (C=N–C) groups is 1. The predicted molar refractivity (Wildman–Crippen MR) is 61.2 cm³/mol. The summed E-state index contributed by atoms with van der Waals surface area (Å²) in [7, 11) is 0. The van der Waals surface area contributed by atoms with E-state index in [1.165, 1.54) is 0 Å². The minimum absolute atomic E-state index is 0.174. The highest BCUT2D eigenvalue weighted by Crippen LogP contribution is 2.18. The zero-order valence-electron chi connectivity index (χ0n) is 10.1. The maximum Gasteiger partial charge on any atom is 0.0334 e. The molecule has 0 aromatic rings. The predicted octanol–water partition coefficient (Wildman–Crippen LogP) is 4.05. The van der Waals surface area contributed by atoms with Gasteiger partial charge in [-0.15, -0.1) is 0 Å². The zero-order chi connectivity index (χ0) is 10.7. The summed E-state index contributed by atoms with van der Waals surface area (Å²) in [5.74, 6) is 0. The molecule has 0 radical (unpaired) electrons. The highest BCUT2D eigenvalue weighted by molar-refractivity contribution is 5.65. The van der Waals surface area contributed by atoms with E-state index in [9.17, 15) is 0 Å². The molecule has 0 aliphatic carbocycles. The fraction of sp³-hybridized carbons (Fsp3) is 0.750. The van der Waals surface area contributed by atoms with Crippen molar-refractivity contribution in [3.63, 3.8) is 0 Å². The van der Waals surface area contributed by atoms with Gasteiger partial charge in [0.15, 0.2) is 0 Å². The molecule has 0 saturated carbocycles. The monoisotopic (exact) mass is 181 g/mol. The number of hydrogen-bond acceptors (Lipinski definition) is 1. The van der Waals surface area contributed by atoms with Gasteiger partial charge in [-0.3, -0.25) is 4.99 Å². The third-order valence-corrected chi connectivity index (χ3v) is 1.30. The molecule has 0 aliphatic heterocycles. The van der Waals surface area contributed by atoms with E-state index in [-0.39, 0.29) is 10.8 Å². The van der Waals surface area contributed by atoms with E-state index in [1.807, 2.05) is 13.1 Å². The van der Waals surface area contributed by atoms with Crippen molar-refractivity contribution in [2.45, 2.75) is 48.5 Å². The van der Waals surface area contributed by atoms with Gasteiger partial charge in [0.05, 0.1) is 0 Å². The average Bonchev–Trinajstić information content (AvgIpc) is 1.78. The van der Waals surface area contributed by atoms with Crippen LogP contribution in [0.2, 0.25) is 0 Å². The van der Waals surface area contributed by atoms with E-state index in [0.29, 0.717) is 0 Å². The van der Waals surface area contributed by atoms with E-state index < -0.39 is 0 Å². The Hall–Kier alpha value is -0.590. The van der Waals surface area contributed by atoms with Crippen molar-refractivity contribution >= 4 is 6.21 Å². The lowest BCUT2D eigenvalue weighted by molar-refractivity contribution is 0.539. The van der Waals surface area contributed by atoms with Gasteiger partial charge in [-0.2, -0.15) is 0 Å². The summed E-state index contributed by atoms with van der Waals surface area (Å²) in [6, 6.07) is 0. The van der Waals surface area contributed by atoms with Crippen LogP contribution in [0.25, 0.3) is 0 Å². The van der Waals surface area contributed by atoms with Crippen molar-refractivity contribution in [2.75, 3.05) is 0 Å². The molecular weight excluding hydrogens is 158 g/mol. The van der Waals surface area contributed by atoms with Crippen LogP contribution in [-0.2, 0) is 0 Å². The Morgan fingerprint density at radius 3 is 1.69 bits per heavy atom. The third-order valence-electron chi connectivity index (χ3n) is 1.30. The Morgan fingerprint density at radius 1 is 0.923 bits per heavy atom. The lowest BCUT2D eigenvalue weighted by atomic mass is 9.95. The largest absolute Gasteiger partial charge is 0.266 e. The van der Waals surface area contributed by atoms with Crippen LogP contribution in [-0.4, -0.2) is 6.21 Å². The van der Waals surface area contributed by atoms with Gasteiger partial charge in [-0.1, -0.05) is 47.6 Å². The van der Waals surface area contributed by atoms with Crippen LogP contribution in [0.5, 0.6) is 0 Å². The molecular formula is C12H23N. The van der Waals surface area contributed by atoms with E-state index in [0.717, 1.165) is 5.70 Å². The SMILES string of the molecule is C/C(=C/C(C)(C)C)N=CC(C)(C)C. The van der Waals surface area contributed by atoms with Crippen molar-refractivity contribution in [2.24, 2.45) is 15.8 Å². The van der Waals surface area contributed by atoms with Gasteiger partial charge in [-0.25, -0.2) is 0 Å². The lowest BCUT2D eigenvalue weighted by Gasteiger charge is -2.14. The van der Waals surface area contributed by atoms with Crippen LogP contribution in [0, 0.1) is 10.8 Å². The standard InChI is InChI=1S/C12H23N/c1-10(8-11(2,3)4)13-9-12(5,6)7/h8-9H,1-7H3/b10-8-,13-9?. The molecule has 0 atom stereocenters. The summed E-state index contributed by atoms with van der Waals surface area (Å²) in [6.07, 6.45) is 4.19. The normalized spacial score (nSPS) is 15.5. The van der Waals surface area contributed by atoms with E-state index >= 15 is 0 Å². The molecule has 13 heavy (non-hydrogen) atoms. The van der Waals surface area contributed by atoms with Gasteiger partial charge >= 0.3 is 0 Å². The summed E-state index contributed by atoms with van der Waals surface area (Å²) in [6.45, 7) is 15.1. The van der Waals surface area contributed by atoms with E-state index in [2.05, 4.69) is 52.6 Å². The minimum Gasteiger partial charge on any atom is -0.266 e.